The summed E-state index contributed by atoms with van der Waals surface area (Å²) in [5, 5.41) is 9.76. The molecule has 22 heavy (non-hydrogen) atoms. The van der Waals surface area contributed by atoms with Gasteiger partial charge in [-0.25, -0.2) is 9.97 Å². The van der Waals surface area contributed by atoms with Gasteiger partial charge in [-0.3, -0.25) is 0 Å². The van der Waals surface area contributed by atoms with Gasteiger partial charge >= 0.3 is 6.18 Å². The topological polar surface area (TPSA) is 52.5 Å². The van der Waals surface area contributed by atoms with E-state index < -0.39 is 18.3 Å². The molecule has 0 aromatic carbocycles. The van der Waals surface area contributed by atoms with Crippen molar-refractivity contribution in [1.29, 1.82) is 0 Å². The zero-order valence-corrected chi connectivity index (χ0v) is 12.2. The Morgan fingerprint density at radius 1 is 1.00 bits per heavy atom. The Kier molecular flexibility index (Phi) is 3.88. The Bertz CT molecular complexity index is 533. The molecule has 0 radical (unpaired) electrons. The van der Waals surface area contributed by atoms with Crippen molar-refractivity contribution in [3.05, 3.63) is 12.4 Å². The van der Waals surface area contributed by atoms with Crippen molar-refractivity contribution in [3.8, 4) is 0 Å². The highest BCUT2D eigenvalue weighted by molar-refractivity contribution is 5.51. The molecular formula is C14H19F3N4O. The third-order valence-corrected chi connectivity index (χ3v) is 4.42. The van der Waals surface area contributed by atoms with Crippen LogP contribution in [0.3, 0.4) is 0 Å². The van der Waals surface area contributed by atoms with Gasteiger partial charge in [0.15, 0.2) is 5.60 Å². The van der Waals surface area contributed by atoms with Gasteiger partial charge in [0.05, 0.1) is 6.54 Å². The normalized spacial score (nSPS) is 26.5. The smallest absolute Gasteiger partial charge is 0.379 e. The monoisotopic (exact) mass is 316 g/mol. The van der Waals surface area contributed by atoms with E-state index in [0.29, 0.717) is 5.82 Å². The van der Waals surface area contributed by atoms with Crippen molar-refractivity contribution in [2.45, 2.75) is 37.5 Å². The average Bonchev–Trinajstić information content (AvgIpc) is 2.92. The molecule has 3 rings (SSSR count). The first-order valence-corrected chi connectivity index (χ1v) is 7.50. The van der Waals surface area contributed by atoms with Crippen molar-refractivity contribution in [2.75, 3.05) is 36.0 Å². The van der Waals surface area contributed by atoms with E-state index in [4.69, 9.17) is 0 Å². The fourth-order valence-corrected chi connectivity index (χ4v) is 3.03. The van der Waals surface area contributed by atoms with Gasteiger partial charge in [-0.1, -0.05) is 0 Å². The summed E-state index contributed by atoms with van der Waals surface area (Å²) in [5.74, 6) is 1.18. The summed E-state index contributed by atoms with van der Waals surface area (Å²) in [7, 11) is 0. The molecule has 122 valence electrons. The van der Waals surface area contributed by atoms with E-state index in [1.54, 1.807) is 6.07 Å². The van der Waals surface area contributed by atoms with Crippen LogP contribution in [-0.4, -0.2) is 53.0 Å². The third-order valence-electron chi connectivity index (χ3n) is 4.42. The van der Waals surface area contributed by atoms with Crippen molar-refractivity contribution in [2.24, 2.45) is 0 Å². The van der Waals surface area contributed by atoms with Crippen LogP contribution in [0.4, 0.5) is 24.8 Å². The molecule has 1 unspecified atom stereocenters. The molecule has 3 heterocycles. The van der Waals surface area contributed by atoms with Crippen molar-refractivity contribution in [3.63, 3.8) is 0 Å². The van der Waals surface area contributed by atoms with Gasteiger partial charge in [0.1, 0.15) is 18.0 Å². The Labute approximate surface area is 126 Å². The van der Waals surface area contributed by atoms with E-state index in [-0.39, 0.29) is 13.0 Å². The minimum Gasteiger partial charge on any atom is -0.379 e. The molecule has 1 aromatic rings. The molecule has 0 amide bonds. The van der Waals surface area contributed by atoms with Gasteiger partial charge in [0.2, 0.25) is 0 Å². The molecule has 0 bridgehead atoms. The summed E-state index contributed by atoms with van der Waals surface area (Å²) >= 11 is 0. The fraction of sp³-hybridized carbons (Fsp3) is 0.714. The molecule has 0 saturated carbocycles. The van der Waals surface area contributed by atoms with Crippen LogP contribution in [0.25, 0.3) is 0 Å². The summed E-state index contributed by atoms with van der Waals surface area (Å²) in [6.45, 7) is 1.46. The maximum atomic E-state index is 12.9. The lowest BCUT2D eigenvalue weighted by Gasteiger charge is -2.29. The number of nitrogens with zero attached hydrogens (tertiary/aromatic N) is 4. The number of piperidine rings is 1. The highest BCUT2D eigenvalue weighted by Crippen LogP contribution is 2.39. The minimum absolute atomic E-state index is 0.131. The molecule has 2 fully saturated rings. The van der Waals surface area contributed by atoms with E-state index in [1.165, 1.54) is 17.6 Å². The second-order valence-electron chi connectivity index (χ2n) is 5.98. The minimum atomic E-state index is -4.62. The predicted molar refractivity (Wildman–Crippen MR) is 75.9 cm³/mol. The Morgan fingerprint density at radius 3 is 2.23 bits per heavy atom. The summed E-state index contributed by atoms with van der Waals surface area (Å²) in [6.07, 6.45) is -0.193. The van der Waals surface area contributed by atoms with E-state index in [2.05, 4.69) is 14.9 Å². The number of halogens is 3. The van der Waals surface area contributed by atoms with E-state index >= 15 is 0 Å². The predicted octanol–water partition coefficient (Wildman–Crippen LogP) is 1.97. The Hall–Kier alpha value is -1.57. The van der Waals surface area contributed by atoms with Crippen LogP contribution in [0.2, 0.25) is 0 Å². The molecular weight excluding hydrogens is 297 g/mol. The lowest BCUT2D eigenvalue weighted by molar-refractivity contribution is -0.250. The molecule has 1 aromatic heterocycles. The number of alkyl halides is 3. The summed E-state index contributed by atoms with van der Waals surface area (Å²) < 4.78 is 38.7. The first-order valence-electron chi connectivity index (χ1n) is 7.50. The summed E-state index contributed by atoms with van der Waals surface area (Å²) in [4.78, 5) is 11.9. The van der Waals surface area contributed by atoms with Crippen LogP contribution in [0.15, 0.2) is 12.4 Å². The molecule has 1 N–H and O–H groups in total. The van der Waals surface area contributed by atoms with Crippen molar-refractivity contribution in [1.82, 2.24) is 9.97 Å². The summed E-state index contributed by atoms with van der Waals surface area (Å²) in [6, 6.07) is 1.72. The number of hydrogen-bond donors (Lipinski definition) is 1. The summed E-state index contributed by atoms with van der Waals surface area (Å²) in [5.41, 5.74) is -2.65. The fourth-order valence-electron chi connectivity index (χ4n) is 3.03. The lowest BCUT2D eigenvalue weighted by Crippen LogP contribution is -2.47. The molecule has 0 spiro atoms. The zero-order valence-electron chi connectivity index (χ0n) is 12.2. The molecule has 2 aliphatic heterocycles. The number of rotatable bonds is 2. The Balaban J connectivity index is 1.76. The highest BCUT2D eigenvalue weighted by atomic mass is 19.4. The molecule has 8 heteroatoms. The molecule has 0 aliphatic carbocycles. The van der Waals surface area contributed by atoms with Crippen LogP contribution in [0.5, 0.6) is 0 Å². The molecule has 1 atom stereocenters. The average molecular weight is 316 g/mol. The number of hydrogen-bond acceptors (Lipinski definition) is 5. The van der Waals surface area contributed by atoms with Gasteiger partial charge in [-0.15, -0.1) is 0 Å². The number of aromatic nitrogens is 2. The third kappa shape index (κ3) is 2.84. The Morgan fingerprint density at radius 2 is 1.64 bits per heavy atom. The van der Waals surface area contributed by atoms with Crippen LogP contribution >= 0.6 is 0 Å². The van der Waals surface area contributed by atoms with Gasteiger partial charge in [0.25, 0.3) is 0 Å². The first kappa shape index (κ1) is 15.3. The van der Waals surface area contributed by atoms with Crippen LogP contribution in [-0.2, 0) is 0 Å². The molecule has 5 nitrogen and oxygen atoms in total. The van der Waals surface area contributed by atoms with Crippen LogP contribution < -0.4 is 9.80 Å². The van der Waals surface area contributed by atoms with E-state index in [1.807, 2.05) is 0 Å². The second-order valence-corrected chi connectivity index (χ2v) is 5.98. The quantitative estimate of drug-likeness (QED) is 0.904. The van der Waals surface area contributed by atoms with E-state index in [0.717, 1.165) is 31.7 Å². The first-order chi connectivity index (χ1) is 10.4. The second kappa shape index (κ2) is 5.57. The molecule has 2 saturated heterocycles. The van der Waals surface area contributed by atoms with Crippen molar-refractivity contribution >= 4 is 11.6 Å². The van der Waals surface area contributed by atoms with Crippen LogP contribution in [0, 0.1) is 0 Å². The number of aliphatic hydroxyl groups is 1. The maximum Gasteiger partial charge on any atom is 0.418 e. The van der Waals surface area contributed by atoms with Gasteiger partial charge < -0.3 is 14.9 Å². The van der Waals surface area contributed by atoms with Gasteiger partial charge in [-0.05, 0) is 19.3 Å². The van der Waals surface area contributed by atoms with Crippen LogP contribution in [0.1, 0.15) is 25.7 Å². The van der Waals surface area contributed by atoms with E-state index in [9.17, 15) is 18.3 Å². The standard InChI is InChI=1S/C14H19F3N4O/c15-14(16,17)13(22)4-7-21(9-13)12-8-11(18-10-19-12)20-5-2-1-3-6-20/h8,10,22H,1-7,9H2. The largest absolute Gasteiger partial charge is 0.418 e. The maximum absolute atomic E-state index is 12.9. The van der Waals surface area contributed by atoms with Crippen molar-refractivity contribution < 1.29 is 18.3 Å². The SMILES string of the molecule is OC1(C(F)(F)F)CCN(c2cc(N3CCCCC3)ncn2)C1. The molecule has 2 aliphatic rings. The lowest BCUT2D eigenvalue weighted by atomic mass is 10.0. The number of anilines is 2. The highest BCUT2D eigenvalue weighted by Gasteiger charge is 2.57. The zero-order chi connectivity index (χ0) is 15.8. The van der Waals surface area contributed by atoms with Gasteiger partial charge in [0, 0.05) is 32.1 Å². The van der Waals surface area contributed by atoms with Gasteiger partial charge in [-0.2, -0.15) is 13.2 Å². The number of β-amino-alcohol motifs (C(OH)–C–C–N with tert-alkyl or cyclic N) is 1.